The third-order valence-electron chi connectivity index (χ3n) is 11.3. The first kappa shape index (κ1) is 38.3. The lowest BCUT2D eigenvalue weighted by Crippen LogP contribution is -2.68. The summed E-state index contributed by atoms with van der Waals surface area (Å²) in [4.78, 5) is 0.0437. The number of aliphatic hydroxyl groups is 1. The van der Waals surface area contributed by atoms with Gasteiger partial charge >= 0.3 is 0 Å². The summed E-state index contributed by atoms with van der Waals surface area (Å²) >= 11 is 0. The van der Waals surface area contributed by atoms with Crippen molar-refractivity contribution in [2.24, 2.45) is 0 Å². The summed E-state index contributed by atoms with van der Waals surface area (Å²) in [5.74, 6) is -0.671. The van der Waals surface area contributed by atoms with Crippen LogP contribution in [0.15, 0.2) is 29.2 Å². The summed E-state index contributed by atoms with van der Waals surface area (Å²) in [5.41, 5.74) is -0.424. The Kier molecular flexibility index (Phi) is 11.4. The summed E-state index contributed by atoms with van der Waals surface area (Å²) in [5, 5.41) is 12.4. The van der Waals surface area contributed by atoms with Crippen molar-refractivity contribution >= 4 is 18.4 Å². The molecule has 4 heterocycles. The zero-order chi connectivity index (χ0) is 35.3. The number of hydrogen-bond acceptors (Lipinski definition) is 10. The van der Waals surface area contributed by atoms with E-state index in [9.17, 15) is 13.5 Å². The van der Waals surface area contributed by atoms with Crippen LogP contribution in [0.3, 0.4) is 0 Å². The number of fused-ring (bicyclic) bond motifs is 3. The normalized spacial score (nSPS) is 35.6. The molecule has 1 aromatic carbocycles. The van der Waals surface area contributed by atoms with Crippen LogP contribution in [-0.2, 0) is 42.4 Å². The van der Waals surface area contributed by atoms with Gasteiger partial charge in [-0.05, 0) is 75.7 Å². The van der Waals surface area contributed by atoms with Crippen molar-refractivity contribution in [3.8, 4) is 0 Å². The minimum atomic E-state index is -4.14. The molecule has 4 fully saturated rings. The van der Waals surface area contributed by atoms with E-state index < -0.39 is 54.2 Å². The maximum atomic E-state index is 13.3. The first-order chi connectivity index (χ1) is 22.3. The SMILES string of the molecule is Cc1ccc(S(=O)(=O)OC[C@@]2(O)C[C@]3(C)O[C@@H]4CC[C@@H]5OC(C)(C)OC[C@H]5O[C@H]4C[C@H]3O[C@H]2CCO[Si](C(C)C)(C(C)C)C(C)C)cc1. The number of benzene rings is 1. The van der Waals surface area contributed by atoms with E-state index in [0.717, 1.165) is 18.4 Å². The van der Waals surface area contributed by atoms with Gasteiger partial charge in [0.2, 0.25) is 0 Å². The highest BCUT2D eigenvalue weighted by Crippen LogP contribution is 2.48. The minimum absolute atomic E-state index is 0.0437. The molecule has 4 aliphatic rings. The molecule has 8 atom stereocenters. The molecular formula is C36H60O10SSi. The van der Waals surface area contributed by atoms with Gasteiger partial charge in [-0.1, -0.05) is 59.2 Å². The number of aryl methyl sites for hydroxylation is 1. The first-order valence-electron chi connectivity index (χ1n) is 17.9. The van der Waals surface area contributed by atoms with E-state index in [0.29, 0.717) is 42.7 Å². The van der Waals surface area contributed by atoms with Crippen molar-refractivity contribution in [1.29, 1.82) is 0 Å². The molecule has 12 heteroatoms. The van der Waals surface area contributed by atoms with Crippen molar-refractivity contribution in [2.45, 2.75) is 176 Å². The van der Waals surface area contributed by atoms with Gasteiger partial charge < -0.3 is 33.2 Å². The van der Waals surface area contributed by atoms with Crippen molar-refractivity contribution in [3.63, 3.8) is 0 Å². The van der Waals surface area contributed by atoms with Crippen LogP contribution < -0.4 is 0 Å². The minimum Gasteiger partial charge on any atom is -0.416 e. The second-order valence-corrected chi connectivity index (χ2v) is 23.3. The number of rotatable bonds is 11. The Morgan fingerprint density at radius 3 is 2.10 bits per heavy atom. The van der Waals surface area contributed by atoms with Gasteiger partial charge in [0.05, 0.1) is 54.2 Å². The molecule has 48 heavy (non-hydrogen) atoms. The average Bonchev–Trinajstić information content (AvgIpc) is 3.14. The van der Waals surface area contributed by atoms with Crippen LogP contribution in [0.25, 0.3) is 0 Å². The lowest BCUT2D eigenvalue weighted by Gasteiger charge is -2.56. The second-order valence-electron chi connectivity index (χ2n) is 16.2. The number of hydrogen-bond donors (Lipinski definition) is 1. The van der Waals surface area contributed by atoms with Crippen LogP contribution in [-0.4, -0.2) is 95.3 Å². The molecule has 0 radical (unpaired) electrons. The summed E-state index contributed by atoms with van der Waals surface area (Å²) in [7, 11) is -6.33. The molecule has 0 saturated carbocycles. The van der Waals surface area contributed by atoms with Gasteiger partial charge in [-0.15, -0.1) is 0 Å². The highest BCUT2D eigenvalue weighted by Gasteiger charge is 2.60. The lowest BCUT2D eigenvalue weighted by atomic mass is 9.74. The van der Waals surface area contributed by atoms with Gasteiger partial charge in [0.15, 0.2) is 14.1 Å². The lowest BCUT2D eigenvalue weighted by molar-refractivity contribution is -0.333. The highest BCUT2D eigenvalue weighted by molar-refractivity contribution is 7.86. The summed E-state index contributed by atoms with van der Waals surface area (Å²) < 4.78 is 71.5. The van der Waals surface area contributed by atoms with Crippen LogP contribution in [0, 0.1) is 6.92 Å². The fourth-order valence-corrected chi connectivity index (χ4v) is 15.4. The zero-order valence-electron chi connectivity index (χ0n) is 30.7. The molecular weight excluding hydrogens is 653 g/mol. The predicted octanol–water partition coefficient (Wildman–Crippen LogP) is 6.42. The van der Waals surface area contributed by atoms with Gasteiger partial charge in [0, 0.05) is 19.4 Å². The molecule has 4 aliphatic heterocycles. The molecule has 0 bridgehead atoms. The van der Waals surface area contributed by atoms with E-state index in [1.165, 1.54) is 12.1 Å². The molecule has 10 nitrogen and oxygen atoms in total. The molecule has 274 valence electrons. The molecule has 0 aromatic heterocycles. The smallest absolute Gasteiger partial charge is 0.297 e. The summed E-state index contributed by atoms with van der Waals surface area (Å²) in [6.07, 6.45) is 0.685. The van der Waals surface area contributed by atoms with Gasteiger partial charge in [-0.3, -0.25) is 4.18 Å². The van der Waals surface area contributed by atoms with E-state index in [1.807, 2.05) is 27.7 Å². The Labute approximate surface area is 289 Å². The monoisotopic (exact) mass is 712 g/mol. The van der Waals surface area contributed by atoms with E-state index in [1.54, 1.807) is 12.1 Å². The largest absolute Gasteiger partial charge is 0.416 e. The maximum Gasteiger partial charge on any atom is 0.297 e. The van der Waals surface area contributed by atoms with Gasteiger partial charge in [-0.25, -0.2) is 0 Å². The quantitative estimate of drug-likeness (QED) is 0.204. The Balaban J connectivity index is 1.38. The molecule has 0 unspecified atom stereocenters. The van der Waals surface area contributed by atoms with Crippen LogP contribution in [0.5, 0.6) is 0 Å². The van der Waals surface area contributed by atoms with Gasteiger partial charge in [0.1, 0.15) is 11.7 Å². The molecule has 4 saturated heterocycles. The topological polar surface area (TPSA) is 119 Å². The highest BCUT2D eigenvalue weighted by atomic mass is 32.2. The predicted molar refractivity (Wildman–Crippen MR) is 185 cm³/mol. The van der Waals surface area contributed by atoms with Crippen LogP contribution >= 0.6 is 0 Å². The molecule has 0 amide bonds. The fourth-order valence-electron chi connectivity index (χ4n) is 8.96. The fraction of sp³-hybridized carbons (Fsp3) is 0.833. The van der Waals surface area contributed by atoms with E-state index in [-0.39, 0.29) is 35.7 Å². The van der Waals surface area contributed by atoms with Crippen molar-refractivity contribution < 1.29 is 45.8 Å². The molecule has 0 spiro atoms. The van der Waals surface area contributed by atoms with Gasteiger partial charge in [-0.2, -0.15) is 8.42 Å². The maximum absolute atomic E-state index is 13.3. The zero-order valence-corrected chi connectivity index (χ0v) is 32.5. The van der Waals surface area contributed by atoms with Crippen molar-refractivity contribution in [1.82, 2.24) is 0 Å². The Morgan fingerprint density at radius 1 is 0.896 bits per heavy atom. The third kappa shape index (κ3) is 7.78. The summed E-state index contributed by atoms with van der Waals surface area (Å²) in [6.45, 7) is 21.5. The second kappa shape index (κ2) is 14.2. The third-order valence-corrected chi connectivity index (χ3v) is 18.7. The summed E-state index contributed by atoms with van der Waals surface area (Å²) in [6, 6.07) is 6.49. The van der Waals surface area contributed by atoms with Crippen LogP contribution in [0.4, 0.5) is 0 Å². The molecule has 5 rings (SSSR count). The Bertz CT molecular complexity index is 1330. The van der Waals surface area contributed by atoms with Crippen LogP contribution in [0.2, 0.25) is 16.6 Å². The molecule has 1 N–H and O–H groups in total. The van der Waals surface area contributed by atoms with Crippen LogP contribution in [0.1, 0.15) is 100.0 Å². The molecule has 1 aromatic rings. The Morgan fingerprint density at radius 2 is 1.50 bits per heavy atom. The first-order valence-corrected chi connectivity index (χ1v) is 21.5. The van der Waals surface area contributed by atoms with Crippen molar-refractivity contribution in [3.05, 3.63) is 29.8 Å². The standard InChI is InChI=1S/C36H60O10SSi/c1-23(2)48(24(3)4,25(5)6)42-18-17-32-36(37,22-41-47(38,39)27-13-11-26(7)12-14-27)21-35(10)33(44-32)19-30-28(46-35)15-16-29-31(43-30)20-40-34(8,9)45-29/h11-14,23-25,28-33,37H,15-22H2,1-10H3/t28-,29+,30+,31-,32+,33-,35+,36+/m1/s1. The van der Waals surface area contributed by atoms with Crippen molar-refractivity contribution in [2.75, 3.05) is 19.8 Å². The Hall–Kier alpha value is -0.933. The van der Waals surface area contributed by atoms with E-state index in [4.69, 9.17) is 32.3 Å². The van der Waals surface area contributed by atoms with Gasteiger partial charge in [0.25, 0.3) is 10.1 Å². The number of ether oxygens (including phenoxy) is 5. The average molecular weight is 713 g/mol. The van der Waals surface area contributed by atoms with E-state index in [2.05, 4.69) is 41.5 Å². The van der Waals surface area contributed by atoms with E-state index >= 15 is 0 Å². The molecule has 0 aliphatic carbocycles.